The molecule has 1 aromatic rings. The molecule has 1 aromatic carbocycles. The van der Waals surface area contributed by atoms with E-state index >= 15 is 0 Å². The highest BCUT2D eigenvalue weighted by molar-refractivity contribution is 6.30. The molecular formula is C10H12ClFN2O. The van der Waals surface area contributed by atoms with Crippen LogP contribution in [-0.2, 0) is 4.79 Å². The lowest BCUT2D eigenvalue weighted by molar-refractivity contribution is -0.117. The molecular weight excluding hydrogens is 219 g/mol. The predicted molar refractivity (Wildman–Crippen MR) is 58.3 cm³/mol. The molecule has 1 rings (SSSR count). The van der Waals surface area contributed by atoms with Crippen LogP contribution in [0.3, 0.4) is 0 Å². The number of carbonyl (C=O) groups excluding carboxylic acids is 1. The lowest BCUT2D eigenvalue weighted by Crippen LogP contribution is -2.34. The van der Waals surface area contributed by atoms with E-state index in [-0.39, 0.29) is 10.9 Å². The highest BCUT2D eigenvalue weighted by Crippen LogP contribution is 2.18. The van der Waals surface area contributed by atoms with Crippen molar-refractivity contribution in [3.8, 4) is 0 Å². The third-order valence-corrected chi connectivity index (χ3v) is 2.27. The largest absolute Gasteiger partial charge is 0.325 e. The van der Waals surface area contributed by atoms with Crippen LogP contribution in [0.15, 0.2) is 18.2 Å². The second-order valence-electron chi connectivity index (χ2n) is 3.13. The smallest absolute Gasteiger partial charge is 0.241 e. The number of hydrogen-bond acceptors (Lipinski definition) is 2. The van der Waals surface area contributed by atoms with Crippen LogP contribution in [0.4, 0.5) is 10.1 Å². The van der Waals surface area contributed by atoms with Gasteiger partial charge in [-0.2, -0.15) is 0 Å². The summed E-state index contributed by atoms with van der Waals surface area (Å²) >= 11 is 5.49. The molecule has 0 radical (unpaired) electrons. The monoisotopic (exact) mass is 230 g/mol. The van der Waals surface area contributed by atoms with Crippen LogP contribution in [0.5, 0.6) is 0 Å². The van der Waals surface area contributed by atoms with E-state index in [4.69, 9.17) is 17.3 Å². The van der Waals surface area contributed by atoms with E-state index in [1.165, 1.54) is 12.1 Å². The Morgan fingerprint density at radius 1 is 1.67 bits per heavy atom. The fourth-order valence-corrected chi connectivity index (χ4v) is 1.11. The summed E-state index contributed by atoms with van der Waals surface area (Å²) in [5.74, 6) is -0.904. The van der Waals surface area contributed by atoms with Gasteiger partial charge < -0.3 is 11.1 Å². The Morgan fingerprint density at radius 2 is 2.33 bits per heavy atom. The van der Waals surface area contributed by atoms with Crippen LogP contribution in [0.1, 0.15) is 13.3 Å². The highest BCUT2D eigenvalue weighted by atomic mass is 35.5. The number of benzene rings is 1. The minimum atomic E-state index is -0.580. The van der Waals surface area contributed by atoms with Crippen LogP contribution in [0.2, 0.25) is 5.02 Å². The van der Waals surface area contributed by atoms with E-state index in [0.29, 0.717) is 12.1 Å². The van der Waals surface area contributed by atoms with Crippen LogP contribution in [0.25, 0.3) is 0 Å². The minimum absolute atomic E-state index is 0.0211. The maximum absolute atomic E-state index is 13.0. The average molecular weight is 231 g/mol. The fourth-order valence-electron chi connectivity index (χ4n) is 0.994. The van der Waals surface area contributed by atoms with Gasteiger partial charge in [0, 0.05) is 5.69 Å². The number of nitrogens with one attached hydrogen (secondary N) is 1. The fraction of sp³-hybridized carbons (Fsp3) is 0.300. The van der Waals surface area contributed by atoms with E-state index in [0.717, 1.165) is 6.07 Å². The van der Waals surface area contributed by atoms with Gasteiger partial charge in [0.05, 0.1) is 11.1 Å². The topological polar surface area (TPSA) is 55.1 Å². The van der Waals surface area contributed by atoms with Gasteiger partial charge in [-0.1, -0.05) is 18.5 Å². The van der Waals surface area contributed by atoms with Crippen LogP contribution in [0, 0.1) is 5.82 Å². The second-order valence-corrected chi connectivity index (χ2v) is 3.54. The van der Waals surface area contributed by atoms with Crippen molar-refractivity contribution >= 4 is 23.2 Å². The van der Waals surface area contributed by atoms with Crippen molar-refractivity contribution in [1.29, 1.82) is 0 Å². The summed E-state index contributed by atoms with van der Waals surface area (Å²) < 4.78 is 13.0. The zero-order valence-electron chi connectivity index (χ0n) is 8.26. The van der Waals surface area contributed by atoms with Gasteiger partial charge in [-0.3, -0.25) is 4.79 Å². The summed E-state index contributed by atoms with van der Waals surface area (Å²) in [5.41, 5.74) is 5.85. The third-order valence-electron chi connectivity index (χ3n) is 1.96. The summed E-state index contributed by atoms with van der Waals surface area (Å²) in [7, 11) is 0. The highest BCUT2D eigenvalue weighted by Gasteiger charge is 2.11. The molecule has 1 amide bonds. The van der Waals surface area contributed by atoms with Crippen molar-refractivity contribution in [3.05, 3.63) is 29.0 Å². The first-order chi connectivity index (χ1) is 7.04. The summed E-state index contributed by atoms with van der Waals surface area (Å²) in [4.78, 5) is 11.3. The number of carbonyl (C=O) groups is 1. The van der Waals surface area contributed by atoms with Gasteiger partial charge in [0.25, 0.3) is 0 Å². The van der Waals surface area contributed by atoms with Crippen molar-refractivity contribution in [2.45, 2.75) is 19.4 Å². The average Bonchev–Trinajstić information content (AvgIpc) is 2.22. The molecule has 0 aliphatic rings. The number of halogens is 2. The van der Waals surface area contributed by atoms with Gasteiger partial charge in [-0.25, -0.2) is 4.39 Å². The molecule has 0 aliphatic carbocycles. The van der Waals surface area contributed by atoms with E-state index in [1.54, 1.807) is 6.92 Å². The molecule has 0 saturated heterocycles. The van der Waals surface area contributed by atoms with Crippen LogP contribution >= 0.6 is 11.6 Å². The predicted octanol–water partition coefficient (Wildman–Crippen LogP) is 2.15. The molecule has 1 atom stereocenters. The van der Waals surface area contributed by atoms with Crippen molar-refractivity contribution in [3.63, 3.8) is 0 Å². The van der Waals surface area contributed by atoms with Gasteiger partial charge in [0.1, 0.15) is 5.82 Å². The molecule has 0 heterocycles. The Labute approximate surface area is 92.4 Å². The van der Waals surface area contributed by atoms with Gasteiger partial charge in [0.15, 0.2) is 0 Å². The molecule has 0 saturated carbocycles. The lowest BCUT2D eigenvalue weighted by atomic mass is 10.2. The summed E-state index contributed by atoms with van der Waals surface area (Å²) in [6, 6.07) is 3.47. The second kappa shape index (κ2) is 5.09. The molecule has 82 valence electrons. The van der Waals surface area contributed by atoms with E-state index in [9.17, 15) is 9.18 Å². The zero-order chi connectivity index (χ0) is 11.4. The molecule has 0 spiro atoms. The van der Waals surface area contributed by atoms with Crippen molar-refractivity contribution < 1.29 is 9.18 Å². The first-order valence-corrected chi connectivity index (χ1v) is 4.94. The maximum Gasteiger partial charge on any atom is 0.241 e. The van der Waals surface area contributed by atoms with Gasteiger partial charge in [-0.05, 0) is 24.6 Å². The Hall–Kier alpha value is -1.13. The third kappa shape index (κ3) is 3.18. The SMILES string of the molecule is CCC(N)C(=O)Nc1ccc(Cl)c(F)c1. The van der Waals surface area contributed by atoms with E-state index in [2.05, 4.69) is 5.32 Å². The number of anilines is 1. The van der Waals surface area contributed by atoms with Gasteiger partial charge >= 0.3 is 0 Å². The number of amides is 1. The molecule has 3 nitrogen and oxygen atoms in total. The Morgan fingerprint density at radius 3 is 2.87 bits per heavy atom. The lowest BCUT2D eigenvalue weighted by Gasteiger charge is -2.10. The Balaban J connectivity index is 2.73. The van der Waals surface area contributed by atoms with Crippen molar-refractivity contribution in [1.82, 2.24) is 0 Å². The summed E-state index contributed by atoms with van der Waals surface area (Å²) in [6.45, 7) is 1.80. The normalized spacial score (nSPS) is 12.3. The van der Waals surface area contributed by atoms with Crippen LogP contribution in [-0.4, -0.2) is 11.9 Å². The summed E-state index contributed by atoms with van der Waals surface area (Å²) in [6.07, 6.45) is 0.530. The Bertz CT molecular complexity index is 370. The van der Waals surface area contributed by atoms with Crippen molar-refractivity contribution in [2.75, 3.05) is 5.32 Å². The molecule has 0 fully saturated rings. The first kappa shape index (κ1) is 11.9. The van der Waals surface area contributed by atoms with E-state index < -0.39 is 11.9 Å². The Kier molecular flexibility index (Phi) is 4.05. The molecule has 0 bridgehead atoms. The number of rotatable bonds is 3. The molecule has 0 aromatic heterocycles. The quantitative estimate of drug-likeness (QED) is 0.836. The molecule has 0 aliphatic heterocycles. The first-order valence-electron chi connectivity index (χ1n) is 4.56. The molecule has 5 heteroatoms. The van der Waals surface area contributed by atoms with Crippen molar-refractivity contribution in [2.24, 2.45) is 5.73 Å². The maximum atomic E-state index is 13.0. The number of hydrogen-bond donors (Lipinski definition) is 2. The van der Waals surface area contributed by atoms with Gasteiger partial charge in [0.2, 0.25) is 5.91 Å². The molecule has 1 unspecified atom stereocenters. The van der Waals surface area contributed by atoms with Crippen LogP contribution < -0.4 is 11.1 Å². The molecule has 15 heavy (non-hydrogen) atoms. The van der Waals surface area contributed by atoms with E-state index in [1.807, 2.05) is 0 Å². The standard InChI is InChI=1S/C10H12ClFN2O/c1-2-9(13)10(15)14-6-3-4-7(11)8(12)5-6/h3-5,9H,2,13H2,1H3,(H,14,15). The minimum Gasteiger partial charge on any atom is -0.325 e. The van der Waals surface area contributed by atoms with Gasteiger partial charge in [-0.15, -0.1) is 0 Å². The zero-order valence-corrected chi connectivity index (χ0v) is 9.01. The molecule has 3 N–H and O–H groups in total. The number of nitrogens with two attached hydrogens (primary N) is 1. The summed E-state index contributed by atoms with van der Waals surface area (Å²) in [5, 5.41) is 2.52.